The van der Waals surface area contributed by atoms with Gasteiger partial charge in [0.05, 0.1) is 0 Å². The van der Waals surface area contributed by atoms with Crippen LogP contribution in [0.2, 0.25) is 0 Å². The highest BCUT2D eigenvalue weighted by Gasteiger charge is 2.24. The predicted octanol–water partition coefficient (Wildman–Crippen LogP) is 2.39. The molecule has 1 aromatic heterocycles. The molecular weight excluding hydrogens is 262 g/mol. The number of rotatable bonds is 6. The Bertz CT molecular complexity index is 448. The van der Waals surface area contributed by atoms with Crippen LogP contribution in [-0.4, -0.2) is 54.6 Å². The van der Waals surface area contributed by atoms with Crippen LogP contribution in [0.15, 0.2) is 6.33 Å². The summed E-state index contributed by atoms with van der Waals surface area (Å²) in [6.45, 7) is 7.53. The maximum absolute atomic E-state index is 4.60. The number of hydrogen-bond donors (Lipinski definition) is 1. The van der Waals surface area contributed by atoms with Crippen molar-refractivity contribution in [3.05, 3.63) is 11.9 Å². The van der Waals surface area contributed by atoms with Gasteiger partial charge in [0.1, 0.15) is 18.0 Å². The van der Waals surface area contributed by atoms with E-state index in [4.69, 9.17) is 0 Å². The number of likely N-dealkylation sites (N-methyl/N-ethyl adjacent to an activating group) is 2. The molecule has 0 bridgehead atoms. The van der Waals surface area contributed by atoms with Crippen molar-refractivity contribution in [3.63, 3.8) is 0 Å². The molecule has 0 radical (unpaired) electrons. The molecule has 1 aromatic rings. The van der Waals surface area contributed by atoms with Crippen LogP contribution in [0.1, 0.15) is 38.7 Å². The third-order valence-corrected chi connectivity index (χ3v) is 4.25. The van der Waals surface area contributed by atoms with E-state index in [1.807, 2.05) is 0 Å². The van der Waals surface area contributed by atoms with Crippen LogP contribution in [0.5, 0.6) is 0 Å². The fourth-order valence-corrected chi connectivity index (χ4v) is 3.14. The van der Waals surface area contributed by atoms with Gasteiger partial charge in [-0.1, -0.05) is 13.3 Å². The van der Waals surface area contributed by atoms with Gasteiger partial charge in [0.15, 0.2) is 0 Å². The van der Waals surface area contributed by atoms with Crippen molar-refractivity contribution in [1.29, 1.82) is 0 Å². The van der Waals surface area contributed by atoms with E-state index in [2.05, 4.69) is 53.0 Å². The summed E-state index contributed by atoms with van der Waals surface area (Å²) in [6, 6.07) is 0.545. The number of aromatic nitrogens is 2. The van der Waals surface area contributed by atoms with Gasteiger partial charge in [-0.15, -0.1) is 0 Å². The number of piperidine rings is 1. The van der Waals surface area contributed by atoms with Gasteiger partial charge in [-0.2, -0.15) is 0 Å². The van der Waals surface area contributed by atoms with E-state index in [-0.39, 0.29) is 0 Å². The summed E-state index contributed by atoms with van der Waals surface area (Å²) in [5.74, 6) is 2.10. The van der Waals surface area contributed by atoms with Crippen LogP contribution in [0.3, 0.4) is 0 Å². The Morgan fingerprint density at radius 2 is 2.19 bits per heavy atom. The Balaban J connectivity index is 2.26. The first-order valence-electron chi connectivity index (χ1n) is 8.16. The Morgan fingerprint density at radius 1 is 1.38 bits per heavy atom. The molecule has 0 aliphatic carbocycles. The first kappa shape index (κ1) is 16.0. The summed E-state index contributed by atoms with van der Waals surface area (Å²) in [4.78, 5) is 13.8. The minimum atomic E-state index is 0.545. The number of anilines is 2. The predicted molar refractivity (Wildman–Crippen MR) is 89.1 cm³/mol. The molecule has 1 atom stereocenters. The quantitative estimate of drug-likeness (QED) is 0.872. The zero-order chi connectivity index (χ0) is 15.2. The smallest absolute Gasteiger partial charge is 0.137 e. The lowest BCUT2D eigenvalue weighted by atomic mass is 10.0. The van der Waals surface area contributed by atoms with Gasteiger partial charge in [-0.3, -0.25) is 0 Å². The third-order valence-electron chi connectivity index (χ3n) is 4.25. The van der Waals surface area contributed by atoms with Gasteiger partial charge >= 0.3 is 0 Å². The van der Waals surface area contributed by atoms with Gasteiger partial charge in [0, 0.05) is 31.7 Å². The summed E-state index contributed by atoms with van der Waals surface area (Å²) in [5.41, 5.74) is 1.26. The Morgan fingerprint density at radius 3 is 2.86 bits per heavy atom. The minimum Gasteiger partial charge on any atom is -0.370 e. The molecule has 118 valence electrons. The van der Waals surface area contributed by atoms with Crippen LogP contribution >= 0.6 is 0 Å². The summed E-state index contributed by atoms with van der Waals surface area (Å²) < 4.78 is 0. The largest absolute Gasteiger partial charge is 0.370 e. The van der Waals surface area contributed by atoms with Crippen molar-refractivity contribution in [2.45, 2.75) is 45.6 Å². The highest BCUT2D eigenvalue weighted by molar-refractivity contribution is 5.59. The summed E-state index contributed by atoms with van der Waals surface area (Å²) >= 11 is 0. The molecule has 1 fully saturated rings. The standard InChI is InChI=1S/C16H29N5/c1-5-8-14-15(17-6-2)18-12-19-16(14)21(4)13-9-7-10-20(3)11-13/h12-13H,5-11H2,1-4H3,(H,17,18,19). The molecule has 5 heteroatoms. The zero-order valence-electron chi connectivity index (χ0n) is 13.9. The highest BCUT2D eigenvalue weighted by atomic mass is 15.2. The fourth-order valence-electron chi connectivity index (χ4n) is 3.14. The van der Waals surface area contributed by atoms with E-state index in [0.717, 1.165) is 37.6 Å². The topological polar surface area (TPSA) is 44.3 Å². The van der Waals surface area contributed by atoms with Crippen molar-refractivity contribution in [2.24, 2.45) is 0 Å². The van der Waals surface area contributed by atoms with E-state index >= 15 is 0 Å². The second-order valence-electron chi connectivity index (χ2n) is 5.97. The molecule has 1 aliphatic heterocycles. The van der Waals surface area contributed by atoms with Crippen LogP contribution in [0.4, 0.5) is 11.6 Å². The van der Waals surface area contributed by atoms with E-state index in [0.29, 0.717) is 6.04 Å². The monoisotopic (exact) mass is 291 g/mol. The Labute approximate surface area is 128 Å². The van der Waals surface area contributed by atoms with Crippen molar-refractivity contribution in [3.8, 4) is 0 Å². The molecule has 1 N–H and O–H groups in total. The van der Waals surface area contributed by atoms with Gasteiger partial charge in [0.2, 0.25) is 0 Å². The number of likely N-dealkylation sites (tertiary alicyclic amines) is 1. The second-order valence-corrected chi connectivity index (χ2v) is 5.97. The second kappa shape index (κ2) is 7.59. The molecule has 2 rings (SSSR count). The Kier molecular flexibility index (Phi) is 5.79. The number of nitrogens with one attached hydrogen (secondary N) is 1. The van der Waals surface area contributed by atoms with E-state index in [1.165, 1.54) is 24.9 Å². The van der Waals surface area contributed by atoms with Gasteiger partial charge in [-0.25, -0.2) is 9.97 Å². The molecule has 0 aromatic carbocycles. The van der Waals surface area contributed by atoms with Crippen LogP contribution in [0.25, 0.3) is 0 Å². The third kappa shape index (κ3) is 3.84. The zero-order valence-corrected chi connectivity index (χ0v) is 13.9. The first-order valence-corrected chi connectivity index (χ1v) is 8.16. The van der Waals surface area contributed by atoms with Crippen molar-refractivity contribution < 1.29 is 0 Å². The van der Waals surface area contributed by atoms with Crippen molar-refractivity contribution in [1.82, 2.24) is 14.9 Å². The summed E-state index contributed by atoms with van der Waals surface area (Å²) in [6.07, 6.45) is 6.32. The maximum atomic E-state index is 4.60. The molecule has 0 amide bonds. The number of nitrogens with zero attached hydrogens (tertiary/aromatic N) is 4. The van der Waals surface area contributed by atoms with E-state index in [9.17, 15) is 0 Å². The Hall–Kier alpha value is -1.36. The molecular formula is C16H29N5. The molecule has 1 aliphatic rings. The summed E-state index contributed by atoms with van der Waals surface area (Å²) in [5, 5.41) is 3.38. The lowest BCUT2D eigenvalue weighted by Gasteiger charge is -2.37. The van der Waals surface area contributed by atoms with Gasteiger partial charge in [0.25, 0.3) is 0 Å². The molecule has 1 saturated heterocycles. The SMILES string of the molecule is CCCc1c(NCC)ncnc1N(C)C1CCCN(C)C1. The lowest BCUT2D eigenvalue weighted by molar-refractivity contribution is 0.247. The number of hydrogen-bond acceptors (Lipinski definition) is 5. The van der Waals surface area contributed by atoms with Crippen LogP contribution < -0.4 is 10.2 Å². The summed E-state index contributed by atoms with van der Waals surface area (Å²) in [7, 11) is 4.39. The minimum absolute atomic E-state index is 0.545. The lowest BCUT2D eigenvalue weighted by Crippen LogP contribution is -2.45. The maximum Gasteiger partial charge on any atom is 0.137 e. The molecule has 0 spiro atoms. The first-order chi connectivity index (χ1) is 10.2. The van der Waals surface area contributed by atoms with E-state index in [1.54, 1.807) is 6.33 Å². The highest BCUT2D eigenvalue weighted by Crippen LogP contribution is 2.27. The average molecular weight is 291 g/mol. The molecule has 5 nitrogen and oxygen atoms in total. The molecule has 21 heavy (non-hydrogen) atoms. The van der Waals surface area contributed by atoms with Crippen LogP contribution in [-0.2, 0) is 6.42 Å². The fraction of sp³-hybridized carbons (Fsp3) is 0.750. The van der Waals surface area contributed by atoms with E-state index < -0.39 is 0 Å². The normalized spacial score (nSPS) is 19.5. The molecule has 1 unspecified atom stereocenters. The average Bonchev–Trinajstić information content (AvgIpc) is 2.49. The molecule has 0 saturated carbocycles. The van der Waals surface area contributed by atoms with Crippen molar-refractivity contribution >= 4 is 11.6 Å². The van der Waals surface area contributed by atoms with Crippen molar-refractivity contribution in [2.75, 3.05) is 43.9 Å². The van der Waals surface area contributed by atoms with Gasteiger partial charge < -0.3 is 15.1 Å². The molecule has 2 heterocycles. The van der Waals surface area contributed by atoms with Gasteiger partial charge in [-0.05, 0) is 39.8 Å². The van der Waals surface area contributed by atoms with Crippen LogP contribution in [0, 0.1) is 0 Å².